The third kappa shape index (κ3) is 3.54. The molecule has 1 amide bonds. The van der Waals surface area contributed by atoms with Gasteiger partial charge in [0.05, 0.1) is 16.6 Å². The summed E-state index contributed by atoms with van der Waals surface area (Å²) in [4.78, 5) is 30.2. The molecule has 0 saturated carbocycles. The van der Waals surface area contributed by atoms with Crippen molar-refractivity contribution in [3.8, 4) is 0 Å². The van der Waals surface area contributed by atoms with E-state index < -0.39 is 17.9 Å². The quantitative estimate of drug-likeness (QED) is 0.394. The largest absolute Gasteiger partial charge is 0.480 e. The maximum atomic E-state index is 13.4. The van der Waals surface area contributed by atoms with Gasteiger partial charge in [-0.2, -0.15) is 0 Å². The second kappa shape index (κ2) is 8.12. The number of aromatic nitrogens is 1. The maximum Gasteiger partial charge on any atom is 0.326 e. The van der Waals surface area contributed by atoms with Gasteiger partial charge in [0.1, 0.15) is 6.04 Å². The van der Waals surface area contributed by atoms with Gasteiger partial charge in [0, 0.05) is 17.2 Å². The van der Waals surface area contributed by atoms with Crippen molar-refractivity contribution in [1.82, 2.24) is 10.3 Å². The summed E-state index contributed by atoms with van der Waals surface area (Å²) in [6, 6.07) is 27.4. The van der Waals surface area contributed by atoms with Crippen LogP contribution in [0.4, 0.5) is 0 Å². The average Bonchev–Trinajstić information content (AvgIpc) is 2.82. The fourth-order valence-electron chi connectivity index (χ4n) is 4.21. The number of hydrogen-bond donors (Lipinski definition) is 2. The van der Waals surface area contributed by atoms with Gasteiger partial charge in [0.2, 0.25) is 0 Å². The fraction of sp³-hybridized carbons (Fsp3) is 0.0741. The van der Waals surface area contributed by atoms with Crippen molar-refractivity contribution in [2.24, 2.45) is 0 Å². The number of fused-ring (bicyclic) bond motifs is 3. The molecule has 0 radical (unpaired) electrons. The molecule has 5 heteroatoms. The van der Waals surface area contributed by atoms with Crippen molar-refractivity contribution in [3.63, 3.8) is 0 Å². The lowest BCUT2D eigenvalue weighted by Crippen LogP contribution is -2.42. The Labute approximate surface area is 184 Å². The predicted molar refractivity (Wildman–Crippen MR) is 126 cm³/mol. The van der Waals surface area contributed by atoms with Gasteiger partial charge in [-0.3, -0.25) is 4.79 Å². The van der Waals surface area contributed by atoms with Gasteiger partial charge >= 0.3 is 5.97 Å². The van der Waals surface area contributed by atoms with Crippen LogP contribution in [0.2, 0.25) is 0 Å². The molecule has 2 N–H and O–H groups in total. The van der Waals surface area contributed by atoms with Crippen LogP contribution in [-0.2, 0) is 11.2 Å². The molecule has 0 bridgehead atoms. The summed E-state index contributed by atoms with van der Waals surface area (Å²) in [5.41, 5.74) is 2.70. The highest BCUT2D eigenvalue weighted by Crippen LogP contribution is 2.26. The SMILES string of the molecule is O=C(N[C@@H](Cc1cccc2ccccc12)C(=O)O)c1c2ccccc2nc2ccccc12. The number of nitrogens with zero attached hydrogens (tertiary/aromatic N) is 1. The summed E-state index contributed by atoms with van der Waals surface area (Å²) in [6.07, 6.45) is 0.184. The topological polar surface area (TPSA) is 79.3 Å². The Morgan fingerprint density at radius 3 is 1.97 bits per heavy atom. The summed E-state index contributed by atoms with van der Waals surface area (Å²) >= 11 is 0. The van der Waals surface area contributed by atoms with Crippen LogP contribution in [0.5, 0.6) is 0 Å². The van der Waals surface area contributed by atoms with Gasteiger partial charge in [-0.1, -0.05) is 78.9 Å². The Bertz CT molecular complexity index is 1430. The van der Waals surface area contributed by atoms with Crippen molar-refractivity contribution in [2.45, 2.75) is 12.5 Å². The van der Waals surface area contributed by atoms with E-state index >= 15 is 0 Å². The lowest BCUT2D eigenvalue weighted by molar-refractivity contribution is -0.139. The predicted octanol–water partition coefficient (Wildman–Crippen LogP) is 4.97. The molecule has 5 nitrogen and oxygen atoms in total. The number of para-hydroxylation sites is 2. The number of carbonyl (C=O) groups excluding carboxylic acids is 1. The number of amides is 1. The number of carbonyl (C=O) groups is 2. The molecule has 5 rings (SSSR count). The number of aliphatic carboxylic acids is 1. The highest BCUT2D eigenvalue weighted by atomic mass is 16.4. The Balaban J connectivity index is 1.55. The van der Waals surface area contributed by atoms with Crippen LogP contribution in [0.15, 0.2) is 91.0 Å². The molecule has 1 aromatic heterocycles. The first-order valence-electron chi connectivity index (χ1n) is 10.4. The van der Waals surface area contributed by atoms with E-state index in [9.17, 15) is 14.7 Å². The lowest BCUT2D eigenvalue weighted by Gasteiger charge is -2.17. The highest BCUT2D eigenvalue weighted by Gasteiger charge is 2.24. The van der Waals surface area contributed by atoms with E-state index in [1.54, 1.807) is 0 Å². The van der Waals surface area contributed by atoms with Gasteiger partial charge in [-0.25, -0.2) is 9.78 Å². The smallest absolute Gasteiger partial charge is 0.326 e. The van der Waals surface area contributed by atoms with Gasteiger partial charge in [0.15, 0.2) is 0 Å². The molecule has 0 saturated heterocycles. The van der Waals surface area contributed by atoms with Crippen LogP contribution in [-0.4, -0.2) is 28.0 Å². The third-order valence-electron chi connectivity index (χ3n) is 5.72. The summed E-state index contributed by atoms with van der Waals surface area (Å²) in [5.74, 6) is -1.50. The molecule has 0 aliphatic heterocycles. The monoisotopic (exact) mass is 420 g/mol. The molecule has 0 aliphatic rings. The number of rotatable bonds is 5. The van der Waals surface area contributed by atoms with Crippen molar-refractivity contribution >= 4 is 44.5 Å². The molecule has 0 fully saturated rings. The summed E-state index contributed by atoms with van der Waals surface area (Å²) in [5, 5.41) is 16.1. The van der Waals surface area contributed by atoms with Gasteiger partial charge in [-0.15, -0.1) is 0 Å². The van der Waals surface area contributed by atoms with Crippen LogP contribution in [0.25, 0.3) is 32.6 Å². The van der Waals surface area contributed by atoms with E-state index in [2.05, 4.69) is 10.3 Å². The van der Waals surface area contributed by atoms with Gasteiger partial charge in [0.25, 0.3) is 5.91 Å². The summed E-state index contributed by atoms with van der Waals surface area (Å²) in [7, 11) is 0. The molecule has 32 heavy (non-hydrogen) atoms. The first-order valence-corrected chi connectivity index (χ1v) is 10.4. The van der Waals surface area contributed by atoms with Crippen LogP contribution < -0.4 is 5.32 Å². The first-order chi connectivity index (χ1) is 15.6. The second-order valence-corrected chi connectivity index (χ2v) is 7.73. The van der Waals surface area contributed by atoms with Crippen LogP contribution in [0.1, 0.15) is 15.9 Å². The first kappa shape index (κ1) is 19.7. The number of nitrogens with one attached hydrogen (secondary N) is 1. The Kier molecular flexibility index (Phi) is 5.00. The summed E-state index contributed by atoms with van der Waals surface area (Å²) in [6.45, 7) is 0. The molecule has 1 atom stereocenters. The van der Waals surface area contributed by atoms with Crippen LogP contribution >= 0.6 is 0 Å². The Hall–Kier alpha value is -4.25. The second-order valence-electron chi connectivity index (χ2n) is 7.73. The molecule has 0 unspecified atom stereocenters. The molecule has 5 aromatic rings. The Morgan fingerprint density at radius 2 is 1.31 bits per heavy atom. The zero-order valence-electron chi connectivity index (χ0n) is 17.2. The zero-order valence-corrected chi connectivity index (χ0v) is 17.2. The minimum Gasteiger partial charge on any atom is -0.480 e. The van der Waals surface area contributed by atoms with Crippen molar-refractivity contribution < 1.29 is 14.7 Å². The summed E-state index contributed by atoms with van der Waals surface area (Å²) < 4.78 is 0. The van der Waals surface area contributed by atoms with E-state index in [4.69, 9.17) is 0 Å². The minimum absolute atomic E-state index is 0.184. The third-order valence-corrected chi connectivity index (χ3v) is 5.72. The number of benzene rings is 4. The van der Waals surface area contributed by atoms with E-state index in [-0.39, 0.29) is 6.42 Å². The maximum absolute atomic E-state index is 13.4. The molecule has 4 aromatic carbocycles. The normalized spacial score (nSPS) is 12.1. The van der Waals surface area contributed by atoms with E-state index in [1.807, 2.05) is 91.0 Å². The van der Waals surface area contributed by atoms with Crippen LogP contribution in [0, 0.1) is 0 Å². The highest BCUT2D eigenvalue weighted by molar-refractivity contribution is 6.16. The lowest BCUT2D eigenvalue weighted by atomic mass is 9.97. The minimum atomic E-state index is -1.08. The molecule has 156 valence electrons. The number of carboxylic acids is 1. The van der Waals surface area contributed by atoms with Crippen LogP contribution in [0.3, 0.4) is 0 Å². The molecule has 0 spiro atoms. The van der Waals surface area contributed by atoms with Gasteiger partial charge < -0.3 is 10.4 Å². The van der Waals surface area contributed by atoms with E-state index in [1.165, 1.54) is 0 Å². The van der Waals surface area contributed by atoms with Crippen molar-refractivity contribution in [3.05, 3.63) is 102 Å². The zero-order chi connectivity index (χ0) is 22.1. The average molecular weight is 420 g/mol. The number of carboxylic acid groups (broad SMARTS) is 1. The van der Waals surface area contributed by atoms with Crippen molar-refractivity contribution in [1.29, 1.82) is 0 Å². The van der Waals surface area contributed by atoms with E-state index in [0.717, 1.165) is 16.3 Å². The van der Waals surface area contributed by atoms with Crippen molar-refractivity contribution in [2.75, 3.05) is 0 Å². The molecular formula is C27H20N2O3. The number of hydrogen-bond acceptors (Lipinski definition) is 3. The molecule has 0 aliphatic carbocycles. The van der Waals surface area contributed by atoms with Gasteiger partial charge in [-0.05, 0) is 28.5 Å². The number of pyridine rings is 1. The Morgan fingerprint density at radius 1 is 0.750 bits per heavy atom. The van der Waals surface area contributed by atoms with E-state index in [0.29, 0.717) is 27.4 Å². The molecule has 1 heterocycles. The fourth-order valence-corrected chi connectivity index (χ4v) is 4.21. The molecular weight excluding hydrogens is 400 g/mol. The standard InChI is InChI=1S/C27H20N2O3/c30-26(25-20-12-3-5-14-22(20)28-23-15-6-4-13-21(23)25)29-24(27(31)32)16-18-10-7-9-17-8-1-2-11-19(17)18/h1-15,24H,16H2,(H,29,30)(H,31,32)/t24-/m0/s1.